The number of nitrogen functional groups attached to an aromatic ring is 1. The van der Waals surface area contributed by atoms with Gasteiger partial charge in [-0.3, -0.25) is 9.59 Å². The summed E-state index contributed by atoms with van der Waals surface area (Å²) in [5.74, 6) is 0.121. The summed E-state index contributed by atoms with van der Waals surface area (Å²) in [6.45, 7) is 6.32. The Balaban J connectivity index is 2.12. The van der Waals surface area contributed by atoms with E-state index in [2.05, 4.69) is 0 Å². The van der Waals surface area contributed by atoms with Crippen LogP contribution in [0.5, 0.6) is 0 Å². The molecule has 5 heteroatoms. The zero-order chi connectivity index (χ0) is 15.4. The lowest BCUT2D eigenvalue weighted by Gasteiger charge is -2.23. The van der Waals surface area contributed by atoms with Crippen molar-refractivity contribution in [3.63, 3.8) is 0 Å². The summed E-state index contributed by atoms with van der Waals surface area (Å²) in [5.41, 5.74) is 7.96. The van der Waals surface area contributed by atoms with Crippen molar-refractivity contribution < 1.29 is 9.59 Å². The molecule has 1 fully saturated rings. The maximum Gasteiger partial charge on any atom is 0.256 e. The minimum absolute atomic E-state index is 0.0311. The van der Waals surface area contributed by atoms with Gasteiger partial charge in [-0.15, -0.1) is 0 Å². The van der Waals surface area contributed by atoms with Crippen molar-refractivity contribution in [1.29, 1.82) is 0 Å². The van der Waals surface area contributed by atoms with E-state index < -0.39 is 0 Å². The first-order valence-corrected chi connectivity index (χ1v) is 7.46. The number of aryl methyl sites for hydroxylation is 1. The van der Waals surface area contributed by atoms with Crippen molar-refractivity contribution in [2.75, 3.05) is 31.9 Å². The maximum atomic E-state index is 12.7. The molecule has 1 aromatic rings. The highest BCUT2D eigenvalue weighted by molar-refractivity contribution is 6.00. The predicted octanol–water partition coefficient (Wildman–Crippen LogP) is 1.66. The molecule has 0 bridgehead atoms. The highest BCUT2D eigenvalue weighted by Gasteiger charge is 2.24. The van der Waals surface area contributed by atoms with Crippen molar-refractivity contribution in [3.8, 4) is 0 Å². The monoisotopic (exact) mass is 289 g/mol. The van der Waals surface area contributed by atoms with E-state index in [4.69, 9.17) is 5.73 Å². The molecule has 2 rings (SSSR count). The van der Waals surface area contributed by atoms with E-state index in [1.54, 1.807) is 6.07 Å². The van der Waals surface area contributed by atoms with Crippen LogP contribution in [-0.2, 0) is 4.79 Å². The van der Waals surface area contributed by atoms with E-state index in [1.807, 2.05) is 35.8 Å². The molecule has 0 unspecified atom stereocenters. The zero-order valence-electron chi connectivity index (χ0n) is 12.8. The Morgan fingerprint density at radius 2 is 1.81 bits per heavy atom. The van der Waals surface area contributed by atoms with Crippen molar-refractivity contribution in [1.82, 2.24) is 9.80 Å². The largest absolute Gasteiger partial charge is 0.398 e. The van der Waals surface area contributed by atoms with Gasteiger partial charge in [-0.25, -0.2) is 0 Å². The van der Waals surface area contributed by atoms with E-state index >= 15 is 0 Å². The second-order valence-electron chi connectivity index (χ2n) is 5.42. The quantitative estimate of drug-likeness (QED) is 0.842. The molecule has 1 aromatic carbocycles. The van der Waals surface area contributed by atoms with Crippen LogP contribution in [0.3, 0.4) is 0 Å². The molecule has 0 radical (unpaired) electrons. The Hall–Kier alpha value is -2.04. The lowest BCUT2D eigenvalue weighted by Crippen LogP contribution is -2.37. The Kier molecular flexibility index (Phi) is 4.83. The molecule has 0 aromatic heterocycles. The molecule has 1 saturated heterocycles. The zero-order valence-corrected chi connectivity index (χ0v) is 12.8. The summed E-state index contributed by atoms with van der Waals surface area (Å²) in [7, 11) is 0. The number of nitrogens with zero attached hydrogens (tertiary/aromatic N) is 2. The molecule has 0 spiro atoms. The number of anilines is 1. The summed E-state index contributed by atoms with van der Waals surface area (Å²) in [6, 6.07) is 5.50. The standard InChI is InChI=1S/C16H23N3O2/c1-3-14(20)18-8-5-9-19(11-10-18)16(21)15-12(2)6-4-7-13(15)17/h4,6-7H,3,5,8-11,17H2,1-2H3. The molecular formula is C16H23N3O2. The summed E-state index contributed by atoms with van der Waals surface area (Å²) in [5, 5.41) is 0. The second-order valence-corrected chi connectivity index (χ2v) is 5.42. The maximum absolute atomic E-state index is 12.7. The molecule has 114 valence electrons. The van der Waals surface area contributed by atoms with E-state index in [1.165, 1.54) is 0 Å². The normalized spacial score (nSPS) is 15.7. The van der Waals surface area contributed by atoms with Crippen molar-refractivity contribution >= 4 is 17.5 Å². The van der Waals surface area contributed by atoms with E-state index in [0.29, 0.717) is 37.3 Å². The molecule has 1 heterocycles. The Morgan fingerprint density at radius 3 is 2.48 bits per heavy atom. The van der Waals surface area contributed by atoms with E-state index in [9.17, 15) is 9.59 Å². The number of hydrogen-bond donors (Lipinski definition) is 1. The van der Waals surface area contributed by atoms with E-state index in [-0.39, 0.29) is 11.8 Å². The Labute approximate surface area is 125 Å². The first kappa shape index (κ1) is 15.4. The number of hydrogen-bond acceptors (Lipinski definition) is 3. The summed E-state index contributed by atoms with van der Waals surface area (Å²) in [6.07, 6.45) is 1.32. The van der Waals surface area contributed by atoms with Crippen LogP contribution >= 0.6 is 0 Å². The Morgan fingerprint density at radius 1 is 1.14 bits per heavy atom. The minimum atomic E-state index is -0.0311. The molecule has 1 aliphatic rings. The molecule has 2 N–H and O–H groups in total. The molecule has 1 aliphatic heterocycles. The second kappa shape index (κ2) is 6.61. The fourth-order valence-electron chi connectivity index (χ4n) is 2.73. The van der Waals surface area contributed by atoms with Gasteiger partial charge in [0.15, 0.2) is 0 Å². The van der Waals surface area contributed by atoms with Crippen molar-refractivity contribution in [2.45, 2.75) is 26.7 Å². The number of rotatable bonds is 2. The first-order valence-electron chi connectivity index (χ1n) is 7.46. The average Bonchev–Trinajstić information content (AvgIpc) is 2.72. The van der Waals surface area contributed by atoms with Crippen LogP contribution in [0, 0.1) is 6.92 Å². The van der Waals surface area contributed by atoms with E-state index in [0.717, 1.165) is 18.5 Å². The molecule has 21 heavy (non-hydrogen) atoms. The number of amides is 2. The lowest BCUT2D eigenvalue weighted by atomic mass is 10.1. The van der Waals surface area contributed by atoms with Crippen LogP contribution in [0.1, 0.15) is 35.7 Å². The van der Waals surface area contributed by atoms with Gasteiger partial charge >= 0.3 is 0 Å². The van der Waals surface area contributed by atoms with Crippen LogP contribution in [0.2, 0.25) is 0 Å². The van der Waals surface area contributed by atoms with Gasteiger partial charge in [-0.2, -0.15) is 0 Å². The third-order valence-electron chi connectivity index (χ3n) is 3.96. The minimum Gasteiger partial charge on any atom is -0.398 e. The Bertz CT molecular complexity index is 522. The van der Waals surface area contributed by atoms with Crippen LogP contribution in [0.4, 0.5) is 5.69 Å². The third-order valence-corrected chi connectivity index (χ3v) is 3.96. The van der Waals surface area contributed by atoms with Gasteiger partial charge in [-0.05, 0) is 25.0 Å². The fourth-order valence-corrected chi connectivity index (χ4v) is 2.73. The number of benzene rings is 1. The summed E-state index contributed by atoms with van der Waals surface area (Å²) in [4.78, 5) is 28.1. The van der Waals surface area contributed by atoms with Crippen LogP contribution in [0.25, 0.3) is 0 Å². The van der Waals surface area contributed by atoms with Crippen LogP contribution in [0.15, 0.2) is 18.2 Å². The number of carbonyl (C=O) groups excluding carboxylic acids is 2. The number of carbonyl (C=O) groups is 2. The summed E-state index contributed by atoms with van der Waals surface area (Å²) >= 11 is 0. The molecular weight excluding hydrogens is 266 g/mol. The van der Waals surface area contributed by atoms with Crippen molar-refractivity contribution in [3.05, 3.63) is 29.3 Å². The average molecular weight is 289 g/mol. The van der Waals surface area contributed by atoms with Gasteiger partial charge in [0.2, 0.25) is 5.91 Å². The highest BCUT2D eigenvalue weighted by Crippen LogP contribution is 2.19. The molecule has 0 atom stereocenters. The summed E-state index contributed by atoms with van der Waals surface area (Å²) < 4.78 is 0. The van der Waals surface area contributed by atoms with Crippen LogP contribution < -0.4 is 5.73 Å². The first-order chi connectivity index (χ1) is 10.0. The van der Waals surface area contributed by atoms with Gasteiger partial charge in [0.05, 0.1) is 5.56 Å². The van der Waals surface area contributed by atoms with Gasteiger partial charge in [0.1, 0.15) is 0 Å². The third kappa shape index (κ3) is 3.35. The van der Waals surface area contributed by atoms with Gasteiger partial charge < -0.3 is 15.5 Å². The molecule has 0 aliphatic carbocycles. The molecule has 2 amide bonds. The predicted molar refractivity (Wildman–Crippen MR) is 83.0 cm³/mol. The lowest BCUT2D eigenvalue weighted by molar-refractivity contribution is -0.130. The molecule has 0 saturated carbocycles. The van der Waals surface area contributed by atoms with Gasteiger partial charge in [0, 0.05) is 38.3 Å². The number of nitrogens with two attached hydrogens (primary N) is 1. The smallest absolute Gasteiger partial charge is 0.256 e. The topological polar surface area (TPSA) is 66.6 Å². The van der Waals surface area contributed by atoms with Gasteiger partial charge in [-0.1, -0.05) is 19.1 Å². The SMILES string of the molecule is CCC(=O)N1CCCN(C(=O)c2c(C)cccc2N)CC1. The van der Waals surface area contributed by atoms with Crippen LogP contribution in [-0.4, -0.2) is 47.8 Å². The van der Waals surface area contributed by atoms with Crippen molar-refractivity contribution in [2.24, 2.45) is 0 Å². The highest BCUT2D eigenvalue weighted by atomic mass is 16.2. The molecule has 5 nitrogen and oxygen atoms in total. The van der Waals surface area contributed by atoms with Gasteiger partial charge in [0.25, 0.3) is 5.91 Å². The fraction of sp³-hybridized carbons (Fsp3) is 0.500.